The third-order valence-electron chi connectivity index (χ3n) is 2.26. The third-order valence-corrected chi connectivity index (χ3v) is 2.26. The molecule has 1 rings (SSSR count). The van der Waals surface area contributed by atoms with Crippen LogP contribution in [0.15, 0.2) is 24.3 Å². The van der Waals surface area contributed by atoms with Crippen LogP contribution in [0.3, 0.4) is 0 Å². The Labute approximate surface area is 79.0 Å². The van der Waals surface area contributed by atoms with E-state index >= 15 is 0 Å². The topological polar surface area (TPSA) is 37.3 Å². The Hall–Kier alpha value is -0.890. The zero-order chi connectivity index (χ0) is 9.90. The Balaban J connectivity index is 2.60. The number of carbonyl (C=O) groups is 1. The van der Waals surface area contributed by atoms with Crippen molar-refractivity contribution in [3.05, 3.63) is 24.3 Å². The lowest BCUT2D eigenvalue weighted by Crippen LogP contribution is -2.36. The summed E-state index contributed by atoms with van der Waals surface area (Å²) in [7, 11) is 0. The molecule has 0 fully saturated rings. The lowest BCUT2D eigenvalue weighted by Gasteiger charge is -2.23. The summed E-state index contributed by atoms with van der Waals surface area (Å²) >= 11 is 0. The highest BCUT2D eigenvalue weighted by molar-refractivity contribution is 5.99. The van der Waals surface area contributed by atoms with Crippen molar-refractivity contribution in [3.8, 4) is 0 Å². The van der Waals surface area contributed by atoms with Crippen LogP contribution < -0.4 is 0 Å². The van der Waals surface area contributed by atoms with Crippen molar-refractivity contribution in [1.82, 2.24) is 0 Å². The van der Waals surface area contributed by atoms with Crippen LogP contribution in [0.2, 0.25) is 0 Å². The summed E-state index contributed by atoms with van der Waals surface area (Å²) in [6.45, 7) is 4.16. The molecule has 0 aromatic carbocycles. The summed E-state index contributed by atoms with van der Waals surface area (Å²) in [5.74, 6) is 0.312. The summed E-state index contributed by atoms with van der Waals surface area (Å²) in [6.07, 6.45) is 7.77. The van der Waals surface area contributed by atoms with Crippen molar-refractivity contribution >= 4 is 5.78 Å². The first-order valence-corrected chi connectivity index (χ1v) is 4.67. The van der Waals surface area contributed by atoms with Crippen LogP contribution in [-0.4, -0.2) is 16.5 Å². The van der Waals surface area contributed by atoms with E-state index in [0.29, 0.717) is 12.3 Å². The number of hydrogen-bond acceptors (Lipinski definition) is 2. The fourth-order valence-electron chi connectivity index (χ4n) is 1.30. The van der Waals surface area contributed by atoms with Gasteiger partial charge in [0.25, 0.3) is 0 Å². The van der Waals surface area contributed by atoms with Gasteiger partial charge in [0.05, 0.1) is 0 Å². The first-order chi connectivity index (χ1) is 6.04. The molecule has 0 aromatic heterocycles. The van der Waals surface area contributed by atoms with E-state index in [1.807, 2.05) is 0 Å². The monoisotopic (exact) mass is 180 g/mol. The second-order valence-electron chi connectivity index (χ2n) is 3.94. The molecule has 2 nitrogen and oxygen atoms in total. The molecule has 72 valence electrons. The first-order valence-electron chi connectivity index (χ1n) is 4.67. The number of carbonyl (C=O) groups excluding carboxylic acids is 1. The van der Waals surface area contributed by atoms with Crippen molar-refractivity contribution in [3.63, 3.8) is 0 Å². The number of rotatable bonds is 3. The van der Waals surface area contributed by atoms with E-state index < -0.39 is 5.60 Å². The second kappa shape index (κ2) is 3.88. The lowest BCUT2D eigenvalue weighted by atomic mass is 9.87. The van der Waals surface area contributed by atoms with Crippen LogP contribution in [0.5, 0.6) is 0 Å². The molecule has 0 amide bonds. The molecule has 13 heavy (non-hydrogen) atoms. The quantitative estimate of drug-likeness (QED) is 0.719. The molecular formula is C11H16O2. The maximum atomic E-state index is 11.3. The number of allylic oxidation sites excluding steroid dienone is 2. The van der Waals surface area contributed by atoms with Crippen LogP contribution in [0.25, 0.3) is 0 Å². The minimum absolute atomic E-state index is 0.198. The van der Waals surface area contributed by atoms with Crippen molar-refractivity contribution in [2.75, 3.05) is 0 Å². The first kappa shape index (κ1) is 10.2. The fraction of sp³-hybridized carbons (Fsp3) is 0.545. The van der Waals surface area contributed by atoms with E-state index in [9.17, 15) is 9.90 Å². The normalized spacial score (nSPS) is 27.2. The molecule has 0 bridgehead atoms. The summed E-state index contributed by atoms with van der Waals surface area (Å²) in [5, 5.41) is 9.90. The molecule has 2 heteroatoms. The molecule has 0 saturated heterocycles. The van der Waals surface area contributed by atoms with E-state index in [1.165, 1.54) is 6.08 Å². The maximum absolute atomic E-state index is 11.3. The highest BCUT2D eigenvalue weighted by Gasteiger charge is 2.31. The smallest absolute Gasteiger partial charge is 0.191 e. The van der Waals surface area contributed by atoms with Crippen molar-refractivity contribution in [1.29, 1.82) is 0 Å². The van der Waals surface area contributed by atoms with Crippen LogP contribution >= 0.6 is 0 Å². The summed E-state index contributed by atoms with van der Waals surface area (Å²) < 4.78 is 0. The van der Waals surface area contributed by atoms with E-state index in [-0.39, 0.29) is 5.78 Å². The average Bonchev–Trinajstić information content (AvgIpc) is 2.07. The van der Waals surface area contributed by atoms with Crippen LogP contribution in [0.4, 0.5) is 0 Å². The van der Waals surface area contributed by atoms with E-state index in [4.69, 9.17) is 0 Å². The van der Waals surface area contributed by atoms with Crippen molar-refractivity contribution < 1.29 is 9.90 Å². The lowest BCUT2D eigenvalue weighted by molar-refractivity contribution is -0.128. The predicted molar refractivity (Wildman–Crippen MR) is 52.3 cm³/mol. The number of ketones is 1. The Morgan fingerprint density at radius 2 is 2.15 bits per heavy atom. The van der Waals surface area contributed by atoms with Gasteiger partial charge in [0.1, 0.15) is 5.60 Å². The Morgan fingerprint density at radius 3 is 2.69 bits per heavy atom. The largest absolute Gasteiger partial charge is 0.378 e. The fourth-order valence-corrected chi connectivity index (χ4v) is 1.30. The molecular weight excluding hydrogens is 164 g/mol. The number of aliphatic hydroxyl groups is 1. The molecule has 1 aliphatic rings. The second-order valence-corrected chi connectivity index (χ2v) is 3.94. The molecule has 1 N–H and O–H groups in total. The highest BCUT2D eigenvalue weighted by atomic mass is 16.3. The molecule has 1 unspecified atom stereocenters. The SMILES string of the molecule is CC(C)CCC1(O)C=CC=CC1=O. The molecule has 0 heterocycles. The van der Waals surface area contributed by atoms with Crippen LogP contribution in [0.1, 0.15) is 26.7 Å². The maximum Gasteiger partial charge on any atom is 0.191 e. The zero-order valence-electron chi connectivity index (χ0n) is 8.16. The molecule has 0 aliphatic heterocycles. The Kier molecular flexibility index (Phi) is 3.04. The standard InChI is InChI=1S/C11H16O2/c1-9(2)6-8-11(13)7-4-3-5-10(11)12/h3-5,7,9,13H,6,8H2,1-2H3. The summed E-state index contributed by atoms with van der Waals surface area (Å²) in [5.41, 5.74) is -1.24. The van der Waals surface area contributed by atoms with Gasteiger partial charge >= 0.3 is 0 Å². The van der Waals surface area contributed by atoms with Gasteiger partial charge in [0.2, 0.25) is 0 Å². The van der Waals surface area contributed by atoms with Gasteiger partial charge in [-0.1, -0.05) is 26.0 Å². The average molecular weight is 180 g/mol. The number of hydrogen-bond donors (Lipinski definition) is 1. The molecule has 0 spiro atoms. The van der Waals surface area contributed by atoms with E-state index in [0.717, 1.165) is 6.42 Å². The minimum atomic E-state index is -1.24. The van der Waals surface area contributed by atoms with Gasteiger partial charge < -0.3 is 5.11 Å². The predicted octanol–water partition coefficient (Wildman–Crippen LogP) is 1.85. The highest BCUT2D eigenvalue weighted by Crippen LogP contribution is 2.22. The molecule has 0 aromatic rings. The van der Waals surface area contributed by atoms with Crippen LogP contribution in [0, 0.1) is 5.92 Å². The van der Waals surface area contributed by atoms with Gasteiger partial charge in [0.15, 0.2) is 5.78 Å². The van der Waals surface area contributed by atoms with Gasteiger partial charge in [-0.2, -0.15) is 0 Å². The van der Waals surface area contributed by atoms with Crippen molar-refractivity contribution in [2.24, 2.45) is 5.92 Å². The van der Waals surface area contributed by atoms with E-state index in [1.54, 1.807) is 18.2 Å². The minimum Gasteiger partial charge on any atom is -0.378 e. The Morgan fingerprint density at radius 1 is 1.46 bits per heavy atom. The van der Waals surface area contributed by atoms with Gasteiger partial charge in [-0.05, 0) is 30.9 Å². The third kappa shape index (κ3) is 2.52. The molecule has 0 saturated carbocycles. The molecule has 1 aliphatic carbocycles. The Bertz CT molecular complexity index is 251. The molecule has 0 radical (unpaired) electrons. The van der Waals surface area contributed by atoms with Crippen molar-refractivity contribution in [2.45, 2.75) is 32.3 Å². The summed E-state index contributed by atoms with van der Waals surface area (Å²) in [6, 6.07) is 0. The molecule has 1 atom stereocenters. The summed E-state index contributed by atoms with van der Waals surface area (Å²) in [4.78, 5) is 11.3. The van der Waals surface area contributed by atoms with Gasteiger partial charge in [-0.3, -0.25) is 4.79 Å². The van der Waals surface area contributed by atoms with Crippen LogP contribution in [-0.2, 0) is 4.79 Å². The van der Waals surface area contributed by atoms with Gasteiger partial charge in [-0.15, -0.1) is 0 Å². The van der Waals surface area contributed by atoms with E-state index in [2.05, 4.69) is 13.8 Å². The van der Waals surface area contributed by atoms with Gasteiger partial charge in [-0.25, -0.2) is 0 Å². The van der Waals surface area contributed by atoms with Gasteiger partial charge in [0, 0.05) is 0 Å². The zero-order valence-corrected chi connectivity index (χ0v) is 8.16.